The fourth-order valence-corrected chi connectivity index (χ4v) is 3.18. The van der Waals surface area contributed by atoms with E-state index in [9.17, 15) is 5.26 Å². The second kappa shape index (κ2) is 4.97. The van der Waals surface area contributed by atoms with Crippen molar-refractivity contribution < 1.29 is 0 Å². The Morgan fingerprint density at radius 1 is 1.24 bits per heavy atom. The summed E-state index contributed by atoms with van der Waals surface area (Å²) in [5.74, 6) is 0. The largest absolute Gasteiger partial charge is 0.221 e. The molecule has 0 aliphatic heterocycles. The van der Waals surface area contributed by atoms with E-state index in [0.29, 0.717) is 5.69 Å². The van der Waals surface area contributed by atoms with Gasteiger partial charge in [-0.05, 0) is 5.56 Å². The molecule has 5 heteroatoms. The van der Waals surface area contributed by atoms with Crippen LogP contribution in [0.2, 0.25) is 0 Å². The Morgan fingerprint density at radius 3 is 2.57 bits per heavy atom. The third kappa shape index (κ3) is 2.55. The van der Waals surface area contributed by atoms with Crippen molar-refractivity contribution in [1.82, 2.24) is 14.6 Å². The van der Waals surface area contributed by atoms with Crippen LogP contribution >= 0.6 is 11.3 Å². The van der Waals surface area contributed by atoms with Crippen molar-refractivity contribution in [2.45, 2.75) is 32.6 Å². The molecule has 0 saturated carbocycles. The van der Waals surface area contributed by atoms with E-state index in [1.807, 2.05) is 18.2 Å². The van der Waals surface area contributed by atoms with E-state index in [1.165, 1.54) is 5.56 Å². The van der Waals surface area contributed by atoms with Crippen LogP contribution in [-0.2, 0) is 11.8 Å². The predicted octanol–water partition coefficient (Wildman–Crippen LogP) is 3.55. The Labute approximate surface area is 127 Å². The number of nitrogens with zero attached hydrogens (tertiary/aromatic N) is 4. The smallest absolute Gasteiger partial charge is 0.213 e. The third-order valence-corrected chi connectivity index (χ3v) is 4.17. The maximum atomic E-state index is 9.42. The van der Waals surface area contributed by atoms with E-state index in [1.54, 1.807) is 15.9 Å². The minimum Gasteiger partial charge on any atom is -0.221 e. The molecule has 0 fully saturated rings. The van der Waals surface area contributed by atoms with Gasteiger partial charge < -0.3 is 0 Å². The molecule has 106 valence electrons. The molecule has 1 aromatic carbocycles. The fourth-order valence-electron chi connectivity index (χ4n) is 2.25. The summed E-state index contributed by atoms with van der Waals surface area (Å²) in [5.41, 5.74) is 2.42. The standard InChI is InChI=1S/C16H16N4S/c1-16(2,3)14-12(10-17)20-15(18-14)21-13(19-20)9-11-7-5-4-6-8-11/h4-8H,9H2,1-3H3. The second-order valence-corrected chi connectivity index (χ2v) is 7.06. The number of rotatable bonds is 2. The molecule has 4 nitrogen and oxygen atoms in total. The van der Waals surface area contributed by atoms with E-state index >= 15 is 0 Å². The summed E-state index contributed by atoms with van der Waals surface area (Å²) in [6, 6.07) is 12.4. The zero-order valence-electron chi connectivity index (χ0n) is 12.3. The summed E-state index contributed by atoms with van der Waals surface area (Å²) >= 11 is 1.55. The highest BCUT2D eigenvalue weighted by atomic mass is 32.1. The van der Waals surface area contributed by atoms with Gasteiger partial charge in [0.05, 0.1) is 5.69 Å². The lowest BCUT2D eigenvalue weighted by molar-refractivity contribution is 0.570. The molecule has 21 heavy (non-hydrogen) atoms. The lowest BCUT2D eigenvalue weighted by Gasteiger charge is -2.14. The first kappa shape index (κ1) is 13.8. The van der Waals surface area contributed by atoms with Gasteiger partial charge in [-0.3, -0.25) is 0 Å². The van der Waals surface area contributed by atoms with Gasteiger partial charge in [0, 0.05) is 11.8 Å². The van der Waals surface area contributed by atoms with E-state index in [2.05, 4.69) is 49.1 Å². The second-order valence-electron chi connectivity index (χ2n) is 6.02. The maximum Gasteiger partial charge on any atom is 0.213 e. The summed E-state index contributed by atoms with van der Waals surface area (Å²) in [6.07, 6.45) is 0.768. The van der Waals surface area contributed by atoms with Crippen molar-refractivity contribution in [3.63, 3.8) is 0 Å². The van der Waals surface area contributed by atoms with Gasteiger partial charge in [-0.2, -0.15) is 14.9 Å². The fraction of sp³-hybridized carbons (Fsp3) is 0.312. The quantitative estimate of drug-likeness (QED) is 0.726. The topological polar surface area (TPSA) is 54.0 Å². The number of fused-ring (bicyclic) bond motifs is 1. The molecule has 3 rings (SSSR count). The highest BCUT2D eigenvalue weighted by Crippen LogP contribution is 2.28. The van der Waals surface area contributed by atoms with Gasteiger partial charge in [-0.1, -0.05) is 62.4 Å². The van der Waals surface area contributed by atoms with Gasteiger partial charge in [0.25, 0.3) is 0 Å². The third-order valence-electron chi connectivity index (χ3n) is 3.26. The van der Waals surface area contributed by atoms with Crippen LogP contribution in [0.3, 0.4) is 0 Å². The highest BCUT2D eigenvalue weighted by molar-refractivity contribution is 7.16. The Bertz CT molecular complexity index is 816. The molecular weight excluding hydrogens is 280 g/mol. The van der Waals surface area contributed by atoms with Gasteiger partial charge in [0.2, 0.25) is 4.96 Å². The van der Waals surface area contributed by atoms with Crippen LogP contribution < -0.4 is 0 Å². The van der Waals surface area contributed by atoms with Gasteiger partial charge in [0.1, 0.15) is 11.1 Å². The number of benzene rings is 1. The molecule has 0 unspecified atom stereocenters. The van der Waals surface area contributed by atoms with E-state index < -0.39 is 0 Å². The molecule has 0 aliphatic carbocycles. The van der Waals surface area contributed by atoms with Crippen LogP contribution in [0, 0.1) is 11.3 Å². The summed E-state index contributed by atoms with van der Waals surface area (Å²) in [5, 5.41) is 15.0. The molecule has 0 aliphatic rings. The molecule has 0 spiro atoms. The van der Waals surface area contributed by atoms with Crippen LogP contribution in [0.25, 0.3) is 4.96 Å². The summed E-state index contributed by atoms with van der Waals surface area (Å²) in [6.45, 7) is 6.18. The number of hydrogen-bond donors (Lipinski definition) is 0. The van der Waals surface area contributed by atoms with Crippen LogP contribution in [0.5, 0.6) is 0 Å². The van der Waals surface area contributed by atoms with Crippen LogP contribution in [0.15, 0.2) is 30.3 Å². The van der Waals surface area contributed by atoms with Crippen molar-refractivity contribution in [3.05, 3.63) is 52.3 Å². The zero-order valence-corrected chi connectivity index (χ0v) is 13.1. The molecule has 0 amide bonds. The SMILES string of the molecule is CC(C)(C)c1nc2sc(Cc3ccccc3)nn2c1C#N. The Balaban J connectivity index is 2.03. The average Bonchev–Trinajstić information content (AvgIpc) is 2.95. The summed E-state index contributed by atoms with van der Waals surface area (Å²) < 4.78 is 1.68. The maximum absolute atomic E-state index is 9.42. The van der Waals surface area contributed by atoms with Crippen molar-refractivity contribution in [2.24, 2.45) is 0 Å². The Morgan fingerprint density at radius 2 is 1.95 bits per heavy atom. The summed E-state index contributed by atoms with van der Waals surface area (Å²) in [7, 11) is 0. The number of imidazole rings is 1. The molecule has 2 aromatic heterocycles. The highest BCUT2D eigenvalue weighted by Gasteiger charge is 2.25. The predicted molar refractivity (Wildman–Crippen MR) is 83.5 cm³/mol. The van der Waals surface area contributed by atoms with Crippen LogP contribution in [0.4, 0.5) is 0 Å². The lowest BCUT2D eigenvalue weighted by Crippen LogP contribution is -2.14. The van der Waals surface area contributed by atoms with E-state index in [4.69, 9.17) is 0 Å². The molecule has 0 radical (unpaired) electrons. The normalized spacial score (nSPS) is 11.7. The molecule has 3 aromatic rings. The summed E-state index contributed by atoms with van der Waals surface area (Å²) in [4.78, 5) is 5.41. The first-order chi connectivity index (χ1) is 9.99. The monoisotopic (exact) mass is 296 g/mol. The average molecular weight is 296 g/mol. The van der Waals surface area contributed by atoms with Crippen molar-refractivity contribution >= 4 is 16.3 Å². The van der Waals surface area contributed by atoms with Gasteiger partial charge in [0.15, 0.2) is 5.69 Å². The molecule has 0 bridgehead atoms. The van der Waals surface area contributed by atoms with Gasteiger partial charge in [-0.15, -0.1) is 0 Å². The molecular formula is C16H16N4S. The van der Waals surface area contributed by atoms with Crippen LogP contribution in [0.1, 0.15) is 42.7 Å². The van der Waals surface area contributed by atoms with Crippen LogP contribution in [-0.4, -0.2) is 14.6 Å². The number of aromatic nitrogens is 3. The van der Waals surface area contributed by atoms with Gasteiger partial charge >= 0.3 is 0 Å². The molecule has 0 atom stereocenters. The molecule has 0 saturated heterocycles. The number of nitriles is 1. The van der Waals surface area contributed by atoms with Crippen molar-refractivity contribution in [1.29, 1.82) is 5.26 Å². The Kier molecular flexibility index (Phi) is 3.26. The Hall–Kier alpha value is -2.19. The minimum absolute atomic E-state index is 0.155. The molecule has 2 heterocycles. The zero-order chi connectivity index (χ0) is 15.0. The first-order valence-corrected chi connectivity index (χ1v) is 7.63. The first-order valence-electron chi connectivity index (χ1n) is 6.82. The van der Waals surface area contributed by atoms with Gasteiger partial charge in [-0.25, -0.2) is 4.98 Å². The number of hydrogen-bond acceptors (Lipinski definition) is 4. The van der Waals surface area contributed by atoms with E-state index in [-0.39, 0.29) is 5.41 Å². The molecule has 0 N–H and O–H groups in total. The van der Waals surface area contributed by atoms with Crippen molar-refractivity contribution in [2.75, 3.05) is 0 Å². The minimum atomic E-state index is -0.155. The lowest BCUT2D eigenvalue weighted by atomic mass is 9.91. The van der Waals surface area contributed by atoms with Crippen molar-refractivity contribution in [3.8, 4) is 6.07 Å². The van der Waals surface area contributed by atoms with E-state index in [0.717, 1.165) is 22.1 Å².